The molecule has 6 aromatic carbocycles. The molecule has 9 rings (SSSR count). The second-order valence-electron chi connectivity index (χ2n) is 14.5. The molecule has 0 amide bonds. The summed E-state index contributed by atoms with van der Waals surface area (Å²) in [5, 5.41) is 0. The number of rotatable bonds is 6. The summed E-state index contributed by atoms with van der Waals surface area (Å²) in [6, 6.07) is 46.3. The Balaban J connectivity index is 1.09. The maximum atomic E-state index is 6.32. The van der Waals surface area contributed by atoms with Gasteiger partial charge in [-0.2, -0.15) is 0 Å². The van der Waals surface area contributed by atoms with Gasteiger partial charge in [0.2, 0.25) is 0 Å². The Morgan fingerprint density at radius 2 is 0.673 bits per heavy atom. The number of anilines is 3. The zero-order valence-electron chi connectivity index (χ0n) is 30.0. The number of ether oxygens (including phenoxy) is 3. The van der Waals surface area contributed by atoms with Crippen molar-refractivity contribution in [2.24, 2.45) is 0 Å². The van der Waals surface area contributed by atoms with Crippen molar-refractivity contribution in [3.05, 3.63) is 177 Å². The van der Waals surface area contributed by atoms with Crippen molar-refractivity contribution in [1.82, 2.24) is 0 Å². The van der Waals surface area contributed by atoms with Gasteiger partial charge < -0.3 is 28.9 Å². The molecule has 6 nitrogen and oxygen atoms in total. The summed E-state index contributed by atoms with van der Waals surface area (Å²) in [5.74, 6) is 2.84. The minimum atomic E-state index is -0.0137. The molecule has 0 aliphatic carbocycles. The lowest BCUT2D eigenvalue weighted by Gasteiger charge is -2.33. The summed E-state index contributed by atoms with van der Waals surface area (Å²) in [5.41, 5.74) is 14.5. The van der Waals surface area contributed by atoms with Crippen LogP contribution in [0, 0.1) is 20.8 Å². The second kappa shape index (κ2) is 13.3. The van der Waals surface area contributed by atoms with Crippen LogP contribution >= 0.6 is 0 Å². The summed E-state index contributed by atoms with van der Waals surface area (Å²) in [4.78, 5) is 6.89. The molecule has 0 spiro atoms. The van der Waals surface area contributed by atoms with Crippen LogP contribution in [0.5, 0.6) is 17.2 Å². The van der Waals surface area contributed by atoms with E-state index >= 15 is 0 Å². The average molecular weight is 686 g/mol. The Bertz CT molecular complexity index is 1980. The Labute approximate surface area is 306 Å². The first-order chi connectivity index (χ1) is 25.4. The molecule has 0 saturated heterocycles. The SMILES string of the molecule is Cc1ccc(N2COc3ccc(C(c4ccc5c(c4)CN(c4ccc(C)cc4)CO5)c4ccc5c(c4)CN(c4ccc(C)cc4)CO5)cc3C2)cc1. The van der Waals surface area contributed by atoms with E-state index in [2.05, 4.69) is 163 Å². The lowest BCUT2D eigenvalue weighted by Crippen LogP contribution is -2.32. The van der Waals surface area contributed by atoms with Gasteiger partial charge in [0.15, 0.2) is 20.2 Å². The largest absolute Gasteiger partial charge is 0.473 e. The Hall–Kier alpha value is -5.88. The Morgan fingerprint density at radius 1 is 0.385 bits per heavy atom. The summed E-state index contributed by atoms with van der Waals surface area (Å²) < 4.78 is 19.0. The van der Waals surface area contributed by atoms with Crippen molar-refractivity contribution < 1.29 is 14.2 Å². The first-order valence-corrected chi connectivity index (χ1v) is 18.2. The number of benzene rings is 6. The standard InChI is InChI=1S/C46H43N3O3/c1-31-4-13-40(14-5-31)47-25-37-22-34(10-19-43(37)50-28-47)46(35-11-20-44-38(23-35)26-48(29-51-44)41-15-6-32(2)7-16-41)36-12-21-45-39(24-36)27-49(30-52-45)42-17-8-33(3)9-18-42/h4-24,46H,25-30H2,1-3H3. The molecule has 0 unspecified atom stereocenters. The molecule has 0 atom stereocenters. The molecule has 0 saturated carbocycles. The maximum absolute atomic E-state index is 6.32. The van der Waals surface area contributed by atoms with Crippen LogP contribution in [0.4, 0.5) is 17.1 Å². The first kappa shape index (κ1) is 32.1. The van der Waals surface area contributed by atoms with E-state index in [-0.39, 0.29) is 5.92 Å². The molecule has 0 fully saturated rings. The number of hydrogen-bond acceptors (Lipinski definition) is 6. The predicted molar refractivity (Wildman–Crippen MR) is 209 cm³/mol. The third kappa shape index (κ3) is 6.30. The van der Waals surface area contributed by atoms with E-state index in [1.165, 1.54) is 67.1 Å². The van der Waals surface area contributed by atoms with Gasteiger partial charge in [0.25, 0.3) is 0 Å². The monoisotopic (exact) mass is 685 g/mol. The summed E-state index contributed by atoms with van der Waals surface area (Å²) in [6.45, 7) is 10.3. The third-order valence-corrected chi connectivity index (χ3v) is 10.7. The number of hydrogen-bond donors (Lipinski definition) is 0. The highest BCUT2D eigenvalue weighted by Crippen LogP contribution is 2.41. The van der Waals surface area contributed by atoms with Gasteiger partial charge >= 0.3 is 0 Å². The van der Waals surface area contributed by atoms with E-state index in [1.54, 1.807) is 0 Å². The van der Waals surface area contributed by atoms with Crippen molar-refractivity contribution in [3.63, 3.8) is 0 Å². The van der Waals surface area contributed by atoms with Crippen molar-refractivity contribution in [2.75, 3.05) is 34.9 Å². The summed E-state index contributed by atoms with van der Waals surface area (Å²) in [6.07, 6.45) is 0. The topological polar surface area (TPSA) is 37.4 Å². The highest BCUT2D eigenvalue weighted by molar-refractivity contribution is 5.58. The van der Waals surface area contributed by atoms with Gasteiger partial charge in [0.1, 0.15) is 17.2 Å². The minimum absolute atomic E-state index is 0.0137. The fraction of sp³-hybridized carbons (Fsp3) is 0.217. The van der Waals surface area contributed by atoms with Gasteiger partial charge in [0.05, 0.1) is 0 Å². The van der Waals surface area contributed by atoms with Crippen LogP contribution in [-0.2, 0) is 19.6 Å². The van der Waals surface area contributed by atoms with Crippen molar-refractivity contribution >= 4 is 17.1 Å². The van der Waals surface area contributed by atoms with Gasteiger partial charge in [-0.05, 0) is 110 Å². The predicted octanol–water partition coefficient (Wildman–Crippen LogP) is 9.86. The highest BCUT2D eigenvalue weighted by atomic mass is 16.5. The van der Waals surface area contributed by atoms with Crippen LogP contribution < -0.4 is 28.9 Å². The van der Waals surface area contributed by atoms with Gasteiger partial charge in [0, 0.05) is 59.3 Å². The van der Waals surface area contributed by atoms with Crippen LogP contribution in [0.2, 0.25) is 0 Å². The lowest BCUT2D eigenvalue weighted by molar-refractivity contribution is 0.289. The van der Waals surface area contributed by atoms with Gasteiger partial charge in [-0.25, -0.2) is 0 Å². The molecule has 3 aliphatic heterocycles. The molecule has 0 N–H and O–H groups in total. The van der Waals surface area contributed by atoms with E-state index in [1.807, 2.05) is 0 Å². The molecule has 260 valence electrons. The Morgan fingerprint density at radius 3 is 0.962 bits per heavy atom. The summed E-state index contributed by atoms with van der Waals surface area (Å²) in [7, 11) is 0. The van der Waals surface area contributed by atoms with Crippen molar-refractivity contribution in [1.29, 1.82) is 0 Å². The lowest BCUT2D eigenvalue weighted by atomic mass is 9.82. The number of fused-ring (bicyclic) bond motifs is 3. The third-order valence-electron chi connectivity index (χ3n) is 10.7. The fourth-order valence-electron chi connectivity index (χ4n) is 7.67. The van der Waals surface area contributed by atoms with E-state index in [0.29, 0.717) is 20.2 Å². The van der Waals surface area contributed by atoms with Gasteiger partial charge in [-0.15, -0.1) is 0 Å². The normalized spacial score (nSPS) is 14.9. The minimum Gasteiger partial charge on any atom is -0.473 e. The van der Waals surface area contributed by atoms with E-state index in [4.69, 9.17) is 14.2 Å². The zero-order valence-corrected chi connectivity index (χ0v) is 30.0. The van der Waals surface area contributed by atoms with Crippen LogP contribution in [0.25, 0.3) is 0 Å². The number of nitrogens with zero attached hydrogens (tertiary/aromatic N) is 3. The first-order valence-electron chi connectivity index (χ1n) is 18.2. The van der Waals surface area contributed by atoms with Crippen molar-refractivity contribution in [3.8, 4) is 17.2 Å². The smallest absolute Gasteiger partial charge is 0.161 e. The van der Waals surface area contributed by atoms with E-state index in [9.17, 15) is 0 Å². The van der Waals surface area contributed by atoms with E-state index in [0.717, 1.165) is 36.9 Å². The van der Waals surface area contributed by atoms with Crippen LogP contribution in [0.1, 0.15) is 56.0 Å². The second-order valence-corrected chi connectivity index (χ2v) is 14.5. The quantitative estimate of drug-likeness (QED) is 0.163. The van der Waals surface area contributed by atoms with Crippen LogP contribution in [0.3, 0.4) is 0 Å². The average Bonchev–Trinajstić information content (AvgIpc) is 3.18. The zero-order chi connectivity index (χ0) is 35.2. The van der Waals surface area contributed by atoms with Crippen molar-refractivity contribution in [2.45, 2.75) is 46.3 Å². The van der Waals surface area contributed by atoms with Crippen LogP contribution in [0.15, 0.2) is 127 Å². The van der Waals surface area contributed by atoms with E-state index < -0.39 is 0 Å². The molecule has 6 heteroatoms. The van der Waals surface area contributed by atoms with Gasteiger partial charge in [-0.1, -0.05) is 71.3 Å². The summed E-state index contributed by atoms with van der Waals surface area (Å²) >= 11 is 0. The Kier molecular flexibility index (Phi) is 8.23. The number of aryl methyl sites for hydroxylation is 3. The molecule has 0 aromatic heterocycles. The molecular formula is C46H43N3O3. The molecule has 3 aliphatic rings. The molecule has 52 heavy (non-hydrogen) atoms. The molecule has 0 bridgehead atoms. The molecule has 3 heterocycles. The fourth-order valence-corrected chi connectivity index (χ4v) is 7.67. The van der Waals surface area contributed by atoms with Gasteiger partial charge in [-0.3, -0.25) is 0 Å². The molecule has 0 radical (unpaired) electrons. The molecule has 6 aromatic rings. The molecular weight excluding hydrogens is 643 g/mol. The van der Waals surface area contributed by atoms with Crippen LogP contribution in [-0.4, -0.2) is 20.2 Å². The highest BCUT2D eigenvalue weighted by Gasteiger charge is 2.27. The maximum Gasteiger partial charge on any atom is 0.161 e.